The lowest BCUT2D eigenvalue weighted by molar-refractivity contribution is -0.136. The second kappa shape index (κ2) is 4.97. The summed E-state index contributed by atoms with van der Waals surface area (Å²) in [6.07, 6.45) is 0. The fraction of sp³-hybridized carbons (Fsp3) is 0.562. The van der Waals surface area contributed by atoms with Gasteiger partial charge in [0.1, 0.15) is 6.61 Å². The second-order valence-corrected chi connectivity index (χ2v) is 6.36. The summed E-state index contributed by atoms with van der Waals surface area (Å²) in [5.41, 5.74) is 3.77. The molecule has 19 heavy (non-hydrogen) atoms. The van der Waals surface area contributed by atoms with Crippen molar-refractivity contribution < 1.29 is 9.90 Å². The zero-order valence-electron chi connectivity index (χ0n) is 12.2. The van der Waals surface area contributed by atoms with Crippen LogP contribution >= 0.6 is 0 Å². The van der Waals surface area contributed by atoms with Crippen molar-refractivity contribution >= 4 is 5.91 Å². The van der Waals surface area contributed by atoms with Gasteiger partial charge in [0, 0.05) is 18.5 Å². The van der Waals surface area contributed by atoms with Crippen molar-refractivity contribution in [3.63, 3.8) is 0 Å². The van der Waals surface area contributed by atoms with Crippen molar-refractivity contribution in [1.82, 2.24) is 4.90 Å². The predicted octanol–water partition coefficient (Wildman–Crippen LogP) is 2.42. The molecule has 0 atom stereocenters. The standard InChI is InChI=1S/C16H23NO2/c1-11(2)12-5-6-14-13(7-12)8-17(15(19)9-18)10-16(14,3)4/h5-7,11,18H,8-10H2,1-4H3. The molecule has 1 aliphatic heterocycles. The molecule has 0 fully saturated rings. The molecule has 0 saturated heterocycles. The van der Waals surface area contributed by atoms with E-state index in [9.17, 15) is 4.79 Å². The molecular formula is C16H23NO2. The number of hydrogen-bond acceptors (Lipinski definition) is 2. The minimum absolute atomic E-state index is 0.0616. The van der Waals surface area contributed by atoms with Crippen molar-refractivity contribution in [3.05, 3.63) is 34.9 Å². The van der Waals surface area contributed by atoms with E-state index in [2.05, 4.69) is 45.9 Å². The first kappa shape index (κ1) is 14.1. The van der Waals surface area contributed by atoms with Gasteiger partial charge < -0.3 is 10.0 Å². The minimum atomic E-state index is -0.407. The van der Waals surface area contributed by atoms with Crippen LogP contribution < -0.4 is 0 Å². The van der Waals surface area contributed by atoms with Gasteiger partial charge in [-0.1, -0.05) is 45.9 Å². The lowest BCUT2D eigenvalue weighted by Crippen LogP contribution is -2.46. The van der Waals surface area contributed by atoms with Crippen molar-refractivity contribution in [2.24, 2.45) is 0 Å². The third-order valence-corrected chi connectivity index (χ3v) is 3.96. The largest absolute Gasteiger partial charge is 0.387 e. The van der Waals surface area contributed by atoms with Gasteiger partial charge in [-0.2, -0.15) is 0 Å². The number of hydrogen-bond donors (Lipinski definition) is 1. The van der Waals surface area contributed by atoms with Crippen molar-refractivity contribution in [2.45, 2.75) is 45.6 Å². The maximum absolute atomic E-state index is 11.8. The normalized spacial score (nSPS) is 17.5. The Labute approximate surface area is 115 Å². The summed E-state index contributed by atoms with van der Waals surface area (Å²) in [5.74, 6) is 0.297. The van der Waals surface area contributed by atoms with Crippen LogP contribution in [-0.2, 0) is 16.8 Å². The van der Waals surface area contributed by atoms with Crippen LogP contribution in [0.5, 0.6) is 0 Å². The van der Waals surface area contributed by atoms with Crippen molar-refractivity contribution in [2.75, 3.05) is 13.2 Å². The lowest BCUT2D eigenvalue weighted by atomic mass is 9.77. The molecule has 3 heteroatoms. The zero-order chi connectivity index (χ0) is 14.2. The van der Waals surface area contributed by atoms with Crippen LogP contribution in [0.1, 0.15) is 50.3 Å². The van der Waals surface area contributed by atoms with Crippen LogP contribution in [0.25, 0.3) is 0 Å². The third kappa shape index (κ3) is 2.66. The number of carbonyl (C=O) groups excluding carboxylic acids is 1. The van der Waals surface area contributed by atoms with Crippen LogP contribution in [0.3, 0.4) is 0 Å². The molecule has 1 heterocycles. The molecule has 0 unspecified atom stereocenters. The average molecular weight is 261 g/mol. The third-order valence-electron chi connectivity index (χ3n) is 3.96. The average Bonchev–Trinajstić information content (AvgIpc) is 2.36. The lowest BCUT2D eigenvalue weighted by Gasteiger charge is -2.40. The number of rotatable bonds is 2. The number of carbonyl (C=O) groups is 1. The van der Waals surface area contributed by atoms with E-state index >= 15 is 0 Å². The van der Waals surface area contributed by atoms with Crippen molar-refractivity contribution in [1.29, 1.82) is 0 Å². The summed E-state index contributed by atoms with van der Waals surface area (Å²) < 4.78 is 0. The molecule has 0 aromatic heterocycles. The Balaban J connectivity index is 2.41. The van der Waals surface area contributed by atoms with E-state index in [4.69, 9.17) is 5.11 Å². The van der Waals surface area contributed by atoms with E-state index in [1.54, 1.807) is 4.90 Å². The van der Waals surface area contributed by atoms with Gasteiger partial charge in [-0.25, -0.2) is 0 Å². The summed E-state index contributed by atoms with van der Waals surface area (Å²) in [4.78, 5) is 13.5. The van der Waals surface area contributed by atoms with Crippen LogP contribution in [0.4, 0.5) is 0 Å². The molecule has 0 spiro atoms. The quantitative estimate of drug-likeness (QED) is 0.888. The van der Waals surface area contributed by atoms with Gasteiger partial charge in [-0.15, -0.1) is 0 Å². The highest BCUT2D eigenvalue weighted by Crippen LogP contribution is 2.34. The number of fused-ring (bicyclic) bond motifs is 1. The van der Waals surface area contributed by atoms with Gasteiger partial charge >= 0.3 is 0 Å². The molecular weight excluding hydrogens is 238 g/mol. The molecule has 1 aromatic rings. The number of aliphatic hydroxyl groups excluding tert-OH is 1. The second-order valence-electron chi connectivity index (χ2n) is 6.36. The van der Waals surface area contributed by atoms with E-state index in [0.29, 0.717) is 19.0 Å². The van der Waals surface area contributed by atoms with Crippen LogP contribution in [-0.4, -0.2) is 29.1 Å². The SMILES string of the molecule is CC(C)c1ccc2c(c1)CN(C(=O)CO)CC2(C)C. The van der Waals surface area contributed by atoms with Gasteiger partial charge in [0.2, 0.25) is 5.91 Å². The molecule has 0 bridgehead atoms. The molecule has 2 rings (SSSR count). The van der Waals surface area contributed by atoms with E-state index in [-0.39, 0.29) is 11.3 Å². The molecule has 104 valence electrons. The molecule has 1 aliphatic rings. The van der Waals surface area contributed by atoms with Crippen LogP contribution in [0.15, 0.2) is 18.2 Å². The van der Waals surface area contributed by atoms with Crippen LogP contribution in [0.2, 0.25) is 0 Å². The van der Waals surface area contributed by atoms with Gasteiger partial charge in [0.05, 0.1) is 0 Å². The Morgan fingerprint density at radius 1 is 1.42 bits per heavy atom. The Morgan fingerprint density at radius 2 is 2.11 bits per heavy atom. The van der Waals surface area contributed by atoms with Gasteiger partial charge in [0.25, 0.3) is 0 Å². The van der Waals surface area contributed by atoms with Gasteiger partial charge in [0.15, 0.2) is 0 Å². The van der Waals surface area contributed by atoms with Crippen molar-refractivity contribution in [3.8, 4) is 0 Å². The molecule has 0 radical (unpaired) electrons. The number of nitrogens with zero attached hydrogens (tertiary/aromatic N) is 1. The first-order valence-corrected chi connectivity index (χ1v) is 6.87. The first-order valence-electron chi connectivity index (χ1n) is 6.87. The number of aliphatic hydroxyl groups is 1. The monoisotopic (exact) mass is 261 g/mol. The Kier molecular flexibility index (Phi) is 3.68. The molecule has 0 aliphatic carbocycles. The smallest absolute Gasteiger partial charge is 0.248 e. The summed E-state index contributed by atoms with van der Waals surface area (Å²) in [7, 11) is 0. The fourth-order valence-corrected chi connectivity index (χ4v) is 2.86. The van der Waals surface area contributed by atoms with Gasteiger partial charge in [-0.05, 0) is 22.6 Å². The summed E-state index contributed by atoms with van der Waals surface area (Å²) in [5, 5.41) is 9.06. The highest BCUT2D eigenvalue weighted by atomic mass is 16.3. The highest BCUT2D eigenvalue weighted by Gasteiger charge is 2.33. The topological polar surface area (TPSA) is 40.5 Å². The molecule has 1 N–H and O–H groups in total. The van der Waals surface area contributed by atoms with Gasteiger partial charge in [-0.3, -0.25) is 4.79 Å². The number of benzene rings is 1. The van der Waals surface area contributed by atoms with E-state index < -0.39 is 6.61 Å². The molecule has 1 amide bonds. The summed E-state index contributed by atoms with van der Waals surface area (Å²) in [6.45, 7) is 9.52. The zero-order valence-corrected chi connectivity index (χ0v) is 12.2. The highest BCUT2D eigenvalue weighted by molar-refractivity contribution is 5.77. The first-order chi connectivity index (χ1) is 8.85. The predicted molar refractivity (Wildman–Crippen MR) is 76.1 cm³/mol. The maximum Gasteiger partial charge on any atom is 0.248 e. The maximum atomic E-state index is 11.8. The summed E-state index contributed by atoms with van der Waals surface area (Å²) >= 11 is 0. The Morgan fingerprint density at radius 3 is 2.68 bits per heavy atom. The van der Waals surface area contributed by atoms with E-state index in [0.717, 1.165) is 0 Å². The Bertz CT molecular complexity index is 492. The Hall–Kier alpha value is -1.35. The number of amides is 1. The van der Waals surface area contributed by atoms with Crippen LogP contribution in [0, 0.1) is 0 Å². The molecule has 1 aromatic carbocycles. The fourth-order valence-electron chi connectivity index (χ4n) is 2.86. The minimum Gasteiger partial charge on any atom is -0.387 e. The van der Waals surface area contributed by atoms with E-state index in [1.165, 1.54) is 16.7 Å². The molecule has 3 nitrogen and oxygen atoms in total. The molecule has 0 saturated carbocycles. The summed E-state index contributed by atoms with van der Waals surface area (Å²) in [6, 6.07) is 6.60. The van der Waals surface area contributed by atoms with E-state index in [1.807, 2.05) is 0 Å².